The van der Waals surface area contributed by atoms with Gasteiger partial charge in [-0.3, -0.25) is 4.79 Å². The molecule has 3 rings (SSSR count). The molecule has 0 bridgehead atoms. The Kier molecular flexibility index (Phi) is 4.51. The van der Waals surface area contributed by atoms with Gasteiger partial charge in [0.2, 0.25) is 5.91 Å². The summed E-state index contributed by atoms with van der Waals surface area (Å²) >= 11 is 0. The number of nitrogens with zero attached hydrogens (tertiary/aromatic N) is 3. The molecular weight excluding hydrogens is 286 g/mol. The summed E-state index contributed by atoms with van der Waals surface area (Å²) in [6, 6.07) is 10.3. The van der Waals surface area contributed by atoms with Crippen LogP contribution in [0.5, 0.6) is 0 Å². The van der Waals surface area contributed by atoms with Gasteiger partial charge in [-0.1, -0.05) is 44.2 Å². The minimum Gasteiger partial charge on any atom is -0.342 e. The van der Waals surface area contributed by atoms with Gasteiger partial charge in [0.15, 0.2) is 0 Å². The smallest absolute Gasteiger partial charge is 0.225 e. The summed E-state index contributed by atoms with van der Waals surface area (Å²) in [4.78, 5) is 18.8. The van der Waals surface area contributed by atoms with Gasteiger partial charge in [0.1, 0.15) is 5.82 Å². The lowest BCUT2D eigenvalue weighted by Gasteiger charge is -2.19. The highest BCUT2D eigenvalue weighted by Crippen LogP contribution is 2.25. The number of benzene rings is 1. The zero-order valence-electron chi connectivity index (χ0n) is 14.2. The number of likely N-dealkylation sites (tertiary alicyclic amines) is 1. The van der Waals surface area contributed by atoms with E-state index in [0.29, 0.717) is 5.92 Å². The summed E-state index contributed by atoms with van der Waals surface area (Å²) in [5.41, 5.74) is 2.33. The van der Waals surface area contributed by atoms with Crippen LogP contribution >= 0.6 is 0 Å². The van der Waals surface area contributed by atoms with Gasteiger partial charge >= 0.3 is 0 Å². The molecule has 122 valence electrons. The first-order chi connectivity index (χ1) is 11.1. The number of aromatic nitrogens is 2. The highest BCUT2D eigenvalue weighted by atomic mass is 16.2. The third-order valence-electron chi connectivity index (χ3n) is 4.62. The maximum atomic E-state index is 12.2. The molecule has 1 atom stereocenters. The van der Waals surface area contributed by atoms with Crippen molar-refractivity contribution in [1.82, 2.24) is 14.5 Å². The summed E-state index contributed by atoms with van der Waals surface area (Å²) in [6.45, 7) is 8.73. The first-order valence-electron chi connectivity index (χ1n) is 8.42. The van der Waals surface area contributed by atoms with E-state index in [1.165, 1.54) is 5.69 Å². The van der Waals surface area contributed by atoms with E-state index in [1.807, 2.05) is 43.1 Å². The van der Waals surface area contributed by atoms with Crippen molar-refractivity contribution in [1.29, 1.82) is 0 Å². The molecule has 0 spiro atoms. The fraction of sp³-hybridized carbons (Fsp3) is 0.474. The molecule has 1 amide bonds. The molecule has 1 aliphatic rings. The van der Waals surface area contributed by atoms with Crippen molar-refractivity contribution in [2.45, 2.75) is 33.7 Å². The normalized spacial score (nSPS) is 17.9. The Morgan fingerprint density at radius 1 is 1.30 bits per heavy atom. The third kappa shape index (κ3) is 3.31. The second-order valence-electron chi connectivity index (χ2n) is 6.79. The molecule has 4 nitrogen and oxygen atoms in total. The average Bonchev–Trinajstić information content (AvgIpc) is 3.16. The molecule has 1 fully saturated rings. The number of imidazole rings is 1. The number of amides is 1. The predicted molar refractivity (Wildman–Crippen MR) is 91.9 cm³/mol. The Hall–Kier alpha value is -2.10. The number of rotatable bonds is 4. The summed E-state index contributed by atoms with van der Waals surface area (Å²) in [5.74, 6) is 1.89. The third-order valence-corrected chi connectivity index (χ3v) is 4.62. The fourth-order valence-corrected chi connectivity index (χ4v) is 3.31. The van der Waals surface area contributed by atoms with E-state index in [1.54, 1.807) is 0 Å². The lowest BCUT2D eigenvalue weighted by atomic mass is 10.1. The van der Waals surface area contributed by atoms with Gasteiger partial charge in [-0.2, -0.15) is 0 Å². The Bertz CT molecular complexity index is 675. The summed E-state index contributed by atoms with van der Waals surface area (Å²) in [6.07, 6.45) is 3.01. The number of hydrogen-bond acceptors (Lipinski definition) is 2. The molecule has 0 radical (unpaired) electrons. The van der Waals surface area contributed by atoms with Gasteiger partial charge < -0.3 is 9.47 Å². The minimum absolute atomic E-state index is 0.0867. The largest absolute Gasteiger partial charge is 0.342 e. The number of aryl methyl sites for hydroxylation is 1. The van der Waals surface area contributed by atoms with Crippen LogP contribution in [0, 0.1) is 18.8 Å². The van der Waals surface area contributed by atoms with Crippen molar-refractivity contribution in [2.75, 3.05) is 13.1 Å². The molecule has 4 heteroatoms. The van der Waals surface area contributed by atoms with Crippen LogP contribution < -0.4 is 0 Å². The van der Waals surface area contributed by atoms with Crippen molar-refractivity contribution in [3.05, 3.63) is 42.2 Å². The van der Waals surface area contributed by atoms with Crippen LogP contribution in [0.3, 0.4) is 0 Å². The maximum absolute atomic E-state index is 12.2. The van der Waals surface area contributed by atoms with Gasteiger partial charge in [0.25, 0.3) is 0 Å². The average molecular weight is 311 g/mol. The van der Waals surface area contributed by atoms with Gasteiger partial charge in [-0.05, 0) is 19.3 Å². The van der Waals surface area contributed by atoms with Crippen molar-refractivity contribution < 1.29 is 4.79 Å². The van der Waals surface area contributed by atoms with Crippen LogP contribution in [0.1, 0.15) is 26.0 Å². The van der Waals surface area contributed by atoms with Crippen LogP contribution in [0.4, 0.5) is 0 Å². The predicted octanol–water partition coefficient (Wildman–Crippen LogP) is 3.36. The van der Waals surface area contributed by atoms with E-state index in [0.717, 1.165) is 37.4 Å². The van der Waals surface area contributed by atoms with Gasteiger partial charge in [0.05, 0.1) is 0 Å². The Balaban J connectivity index is 1.75. The molecule has 1 unspecified atom stereocenters. The molecule has 1 aromatic carbocycles. The zero-order valence-corrected chi connectivity index (χ0v) is 14.2. The number of carbonyl (C=O) groups is 1. The molecule has 0 saturated carbocycles. The maximum Gasteiger partial charge on any atom is 0.225 e. The molecule has 0 N–H and O–H groups in total. The second kappa shape index (κ2) is 6.57. The van der Waals surface area contributed by atoms with Crippen molar-refractivity contribution >= 4 is 5.91 Å². The molecular formula is C19H25N3O. The first kappa shape index (κ1) is 15.8. The Morgan fingerprint density at radius 3 is 2.74 bits per heavy atom. The van der Waals surface area contributed by atoms with E-state index < -0.39 is 0 Å². The molecule has 1 aromatic heterocycles. The van der Waals surface area contributed by atoms with Crippen molar-refractivity contribution in [3.8, 4) is 11.4 Å². The monoisotopic (exact) mass is 311 g/mol. The highest BCUT2D eigenvalue weighted by molar-refractivity contribution is 5.78. The molecule has 2 heterocycles. The minimum atomic E-state index is 0.0867. The van der Waals surface area contributed by atoms with Gasteiger partial charge in [-0.25, -0.2) is 4.98 Å². The Labute approximate surface area is 138 Å². The number of carbonyl (C=O) groups excluding carboxylic acids is 1. The standard InChI is InChI=1S/C19H25N3O/c1-14(2)19(23)21-10-9-16(12-21)13-22-15(3)11-20-18(22)17-7-5-4-6-8-17/h4-8,11,14,16H,9-10,12-13H2,1-3H3. The van der Waals surface area contributed by atoms with E-state index >= 15 is 0 Å². The van der Waals surface area contributed by atoms with Crippen LogP contribution in [-0.4, -0.2) is 33.4 Å². The SMILES string of the molecule is Cc1cnc(-c2ccccc2)n1CC1CCN(C(=O)C(C)C)C1. The second-order valence-corrected chi connectivity index (χ2v) is 6.79. The lowest BCUT2D eigenvalue weighted by Crippen LogP contribution is -2.32. The van der Waals surface area contributed by atoms with Gasteiger partial charge in [0, 0.05) is 43.0 Å². The summed E-state index contributed by atoms with van der Waals surface area (Å²) in [5, 5.41) is 0. The topological polar surface area (TPSA) is 38.1 Å². The summed E-state index contributed by atoms with van der Waals surface area (Å²) in [7, 11) is 0. The van der Waals surface area contributed by atoms with Crippen molar-refractivity contribution in [3.63, 3.8) is 0 Å². The number of hydrogen-bond donors (Lipinski definition) is 0. The van der Waals surface area contributed by atoms with Crippen LogP contribution in [0.15, 0.2) is 36.5 Å². The van der Waals surface area contributed by atoms with E-state index in [4.69, 9.17) is 0 Å². The van der Waals surface area contributed by atoms with Crippen LogP contribution in [-0.2, 0) is 11.3 Å². The van der Waals surface area contributed by atoms with Crippen LogP contribution in [0.25, 0.3) is 11.4 Å². The highest BCUT2D eigenvalue weighted by Gasteiger charge is 2.28. The van der Waals surface area contributed by atoms with E-state index in [2.05, 4.69) is 28.6 Å². The van der Waals surface area contributed by atoms with Gasteiger partial charge in [-0.15, -0.1) is 0 Å². The molecule has 1 aliphatic heterocycles. The van der Waals surface area contributed by atoms with Crippen LogP contribution in [0.2, 0.25) is 0 Å². The quantitative estimate of drug-likeness (QED) is 0.868. The summed E-state index contributed by atoms with van der Waals surface area (Å²) < 4.78 is 2.29. The molecule has 23 heavy (non-hydrogen) atoms. The Morgan fingerprint density at radius 2 is 2.04 bits per heavy atom. The van der Waals surface area contributed by atoms with E-state index in [9.17, 15) is 4.79 Å². The molecule has 2 aromatic rings. The molecule has 0 aliphatic carbocycles. The fourth-order valence-electron chi connectivity index (χ4n) is 3.31. The van der Waals surface area contributed by atoms with E-state index in [-0.39, 0.29) is 11.8 Å². The first-order valence-corrected chi connectivity index (χ1v) is 8.42. The van der Waals surface area contributed by atoms with Crippen molar-refractivity contribution in [2.24, 2.45) is 11.8 Å². The molecule has 1 saturated heterocycles. The lowest BCUT2D eigenvalue weighted by molar-refractivity contribution is -0.133. The zero-order chi connectivity index (χ0) is 16.4.